The highest BCUT2D eigenvalue weighted by Gasteiger charge is 2.17. The Morgan fingerprint density at radius 3 is 2.45 bits per heavy atom. The molecule has 0 saturated carbocycles. The van der Waals surface area contributed by atoms with Gasteiger partial charge in [-0.25, -0.2) is 4.39 Å². The number of carbonyl (C=O) groups excluding carboxylic acids is 2. The highest BCUT2D eigenvalue weighted by Crippen LogP contribution is 2.23. The van der Waals surface area contributed by atoms with Crippen LogP contribution in [0, 0.1) is 5.82 Å². The maximum atomic E-state index is 13.4. The molecule has 0 radical (unpaired) electrons. The Morgan fingerprint density at radius 1 is 1.10 bits per heavy atom. The fourth-order valence-corrected chi connectivity index (χ4v) is 3.46. The van der Waals surface area contributed by atoms with Gasteiger partial charge in [-0.3, -0.25) is 14.2 Å². The highest BCUT2D eigenvalue weighted by molar-refractivity contribution is 7.99. The molecule has 0 unspecified atom stereocenters. The van der Waals surface area contributed by atoms with Crippen LogP contribution in [0.3, 0.4) is 0 Å². The number of carbonyl (C=O) groups is 2. The average Bonchev–Trinajstić information content (AvgIpc) is 3.19. The van der Waals surface area contributed by atoms with Crippen molar-refractivity contribution < 1.29 is 23.5 Å². The first-order valence-corrected chi connectivity index (χ1v) is 10.4. The molecule has 0 fully saturated rings. The van der Waals surface area contributed by atoms with Gasteiger partial charge < -0.3 is 14.8 Å². The lowest BCUT2D eigenvalue weighted by molar-refractivity contribution is -0.139. The minimum Gasteiger partial charge on any atom is -0.497 e. The summed E-state index contributed by atoms with van der Waals surface area (Å²) in [5.74, 6) is 0.0703. The molecule has 3 rings (SSSR count). The van der Waals surface area contributed by atoms with Gasteiger partial charge in [0.25, 0.3) is 5.91 Å². The van der Waals surface area contributed by atoms with Gasteiger partial charge in [0.1, 0.15) is 11.6 Å². The largest absolute Gasteiger partial charge is 0.497 e. The second-order valence-electron chi connectivity index (χ2n) is 6.22. The summed E-state index contributed by atoms with van der Waals surface area (Å²) in [7, 11) is 1.55. The van der Waals surface area contributed by atoms with Crippen molar-refractivity contribution in [2.45, 2.75) is 18.6 Å². The summed E-state index contributed by atoms with van der Waals surface area (Å²) < 4.78 is 25.1. The minimum atomic E-state index is -0.382. The molecule has 0 aliphatic rings. The van der Waals surface area contributed by atoms with Crippen LogP contribution in [-0.2, 0) is 16.1 Å². The first kappa shape index (κ1) is 22.3. The van der Waals surface area contributed by atoms with E-state index in [1.54, 1.807) is 55.0 Å². The van der Waals surface area contributed by atoms with Crippen molar-refractivity contribution in [3.8, 4) is 11.4 Å². The molecule has 8 nitrogen and oxygen atoms in total. The number of benzene rings is 2. The third-order valence-electron chi connectivity index (χ3n) is 4.17. The molecule has 0 aliphatic heterocycles. The van der Waals surface area contributed by atoms with Crippen molar-refractivity contribution in [2.75, 3.05) is 19.5 Å². The van der Waals surface area contributed by atoms with Gasteiger partial charge in [-0.15, -0.1) is 10.2 Å². The van der Waals surface area contributed by atoms with E-state index in [2.05, 4.69) is 15.5 Å². The quantitative estimate of drug-likeness (QED) is 0.400. The van der Waals surface area contributed by atoms with Crippen molar-refractivity contribution in [3.63, 3.8) is 0 Å². The zero-order valence-corrected chi connectivity index (χ0v) is 17.8. The molecule has 0 saturated heterocycles. The second kappa shape index (κ2) is 10.6. The van der Waals surface area contributed by atoms with E-state index in [-0.39, 0.29) is 36.6 Å². The molecular weight excluding hydrogens is 423 g/mol. The molecule has 2 aromatic carbocycles. The normalized spacial score (nSPS) is 10.5. The maximum Gasteiger partial charge on any atom is 0.316 e. The number of thioether (sulfide) groups is 1. The third-order valence-corrected chi connectivity index (χ3v) is 5.07. The number of nitrogens with one attached hydrogen (secondary N) is 1. The lowest BCUT2D eigenvalue weighted by Gasteiger charge is -2.11. The van der Waals surface area contributed by atoms with Gasteiger partial charge in [0.05, 0.1) is 26.0 Å². The first-order chi connectivity index (χ1) is 15.0. The van der Waals surface area contributed by atoms with Crippen molar-refractivity contribution in [1.82, 2.24) is 20.1 Å². The van der Waals surface area contributed by atoms with Crippen LogP contribution in [0.5, 0.6) is 5.75 Å². The smallest absolute Gasteiger partial charge is 0.316 e. The van der Waals surface area contributed by atoms with Gasteiger partial charge in [-0.1, -0.05) is 11.8 Å². The van der Waals surface area contributed by atoms with E-state index >= 15 is 0 Å². The first-order valence-electron chi connectivity index (χ1n) is 9.42. The number of amides is 1. The molecule has 10 heteroatoms. The van der Waals surface area contributed by atoms with Crippen LogP contribution in [0.15, 0.2) is 53.7 Å². The third kappa shape index (κ3) is 5.82. The Kier molecular flexibility index (Phi) is 7.60. The van der Waals surface area contributed by atoms with E-state index in [1.807, 2.05) is 0 Å². The predicted molar refractivity (Wildman–Crippen MR) is 113 cm³/mol. The molecule has 1 heterocycles. The summed E-state index contributed by atoms with van der Waals surface area (Å²) in [5, 5.41) is 11.5. The molecule has 1 N–H and O–H groups in total. The predicted octanol–water partition coefficient (Wildman–Crippen LogP) is 3.00. The Hall–Kier alpha value is -3.40. The standard InChI is InChI=1S/C21H21FN4O4S/c1-3-30-19(27)13-31-21-25-24-18(26(21)16-8-6-15(22)7-9-16)12-23-20(28)14-4-10-17(29-2)11-5-14/h4-11H,3,12-13H2,1-2H3,(H,23,28). The van der Waals surface area contributed by atoms with Crippen molar-refractivity contribution >= 4 is 23.6 Å². The van der Waals surface area contributed by atoms with Crippen LogP contribution >= 0.6 is 11.8 Å². The van der Waals surface area contributed by atoms with Crippen LogP contribution in [0.1, 0.15) is 23.1 Å². The second-order valence-corrected chi connectivity index (χ2v) is 7.16. The fraction of sp³-hybridized carbons (Fsp3) is 0.238. The van der Waals surface area contributed by atoms with Gasteiger partial charge >= 0.3 is 5.97 Å². The topological polar surface area (TPSA) is 95.3 Å². The molecule has 1 aromatic heterocycles. The monoisotopic (exact) mass is 444 g/mol. The molecule has 162 valence electrons. The summed E-state index contributed by atoms with van der Waals surface area (Å²) in [5.41, 5.74) is 1.07. The molecular formula is C21H21FN4O4S. The SMILES string of the molecule is CCOC(=O)CSc1nnc(CNC(=O)c2ccc(OC)cc2)n1-c1ccc(F)cc1. The van der Waals surface area contributed by atoms with Crippen LogP contribution in [0.2, 0.25) is 0 Å². The average molecular weight is 444 g/mol. The molecule has 1 amide bonds. The molecule has 31 heavy (non-hydrogen) atoms. The van der Waals surface area contributed by atoms with Crippen LogP contribution in [0.25, 0.3) is 5.69 Å². The van der Waals surface area contributed by atoms with Crippen LogP contribution < -0.4 is 10.1 Å². The van der Waals surface area contributed by atoms with Gasteiger partial charge in [-0.05, 0) is 55.5 Å². The van der Waals surface area contributed by atoms with E-state index < -0.39 is 0 Å². The number of halogens is 1. The summed E-state index contributed by atoms with van der Waals surface area (Å²) in [6.45, 7) is 2.09. The van der Waals surface area contributed by atoms with Crippen LogP contribution in [-0.4, -0.2) is 46.1 Å². The summed E-state index contributed by atoms with van der Waals surface area (Å²) >= 11 is 1.14. The summed E-state index contributed by atoms with van der Waals surface area (Å²) in [6, 6.07) is 12.5. The van der Waals surface area contributed by atoms with Crippen molar-refractivity contribution in [1.29, 1.82) is 0 Å². The number of hydrogen-bond acceptors (Lipinski definition) is 7. The van der Waals surface area contributed by atoms with Gasteiger partial charge in [0.2, 0.25) is 0 Å². The number of rotatable bonds is 9. The molecule has 3 aromatic rings. The Morgan fingerprint density at radius 2 is 1.81 bits per heavy atom. The summed E-state index contributed by atoms with van der Waals surface area (Å²) in [4.78, 5) is 24.2. The van der Waals surface area contributed by atoms with Gasteiger partial charge in [0.15, 0.2) is 11.0 Å². The van der Waals surface area contributed by atoms with E-state index in [1.165, 1.54) is 12.1 Å². The number of esters is 1. The van der Waals surface area contributed by atoms with E-state index in [0.29, 0.717) is 28.0 Å². The highest BCUT2D eigenvalue weighted by atomic mass is 32.2. The van der Waals surface area contributed by atoms with E-state index in [9.17, 15) is 14.0 Å². The minimum absolute atomic E-state index is 0.0470. The van der Waals surface area contributed by atoms with Crippen molar-refractivity contribution in [2.24, 2.45) is 0 Å². The number of aromatic nitrogens is 3. The lowest BCUT2D eigenvalue weighted by Crippen LogP contribution is -2.24. The fourth-order valence-electron chi connectivity index (χ4n) is 2.69. The van der Waals surface area contributed by atoms with Crippen molar-refractivity contribution in [3.05, 3.63) is 65.7 Å². The molecule has 0 aliphatic carbocycles. The van der Waals surface area contributed by atoms with Gasteiger partial charge in [0, 0.05) is 11.3 Å². The van der Waals surface area contributed by atoms with Crippen LogP contribution in [0.4, 0.5) is 4.39 Å². The molecule has 0 atom stereocenters. The number of nitrogens with zero attached hydrogens (tertiary/aromatic N) is 3. The van der Waals surface area contributed by atoms with E-state index in [4.69, 9.17) is 9.47 Å². The lowest BCUT2D eigenvalue weighted by atomic mass is 10.2. The Bertz CT molecular complexity index is 1040. The Balaban J connectivity index is 1.79. The molecule has 0 bridgehead atoms. The summed E-state index contributed by atoms with van der Waals surface area (Å²) in [6.07, 6.45) is 0. The molecule has 0 spiro atoms. The number of methoxy groups -OCH3 is 1. The number of ether oxygens (including phenoxy) is 2. The zero-order valence-electron chi connectivity index (χ0n) is 17.0. The maximum absolute atomic E-state index is 13.4. The zero-order chi connectivity index (χ0) is 22.2. The van der Waals surface area contributed by atoms with Gasteiger partial charge in [-0.2, -0.15) is 0 Å². The Labute approximate surface area is 182 Å². The number of hydrogen-bond donors (Lipinski definition) is 1. The van der Waals surface area contributed by atoms with E-state index in [0.717, 1.165) is 11.8 Å².